The minimum Gasteiger partial charge on any atom is -0.462 e. The van der Waals surface area contributed by atoms with Crippen LogP contribution in [0.15, 0.2) is 36.5 Å². The van der Waals surface area contributed by atoms with Crippen LogP contribution >= 0.6 is 0 Å². The second kappa shape index (κ2) is 62.2. The monoisotopic (exact) mass is 1020 g/mol. The summed E-state index contributed by atoms with van der Waals surface area (Å²) in [6, 6.07) is 0. The molecular formula is C67H124O6. The molecule has 0 aliphatic heterocycles. The molecule has 0 saturated carbocycles. The van der Waals surface area contributed by atoms with Gasteiger partial charge >= 0.3 is 17.9 Å². The molecule has 0 heterocycles. The second-order valence-corrected chi connectivity index (χ2v) is 22.0. The summed E-state index contributed by atoms with van der Waals surface area (Å²) < 4.78 is 16.9. The van der Waals surface area contributed by atoms with E-state index in [1.54, 1.807) is 0 Å². The summed E-state index contributed by atoms with van der Waals surface area (Å²) in [5, 5.41) is 0. The molecule has 0 aliphatic rings. The number of hydrogen-bond donors (Lipinski definition) is 0. The summed E-state index contributed by atoms with van der Waals surface area (Å²) in [6.07, 6.45) is 75.8. The van der Waals surface area contributed by atoms with Gasteiger partial charge in [-0.3, -0.25) is 14.4 Å². The summed E-state index contributed by atoms with van der Waals surface area (Å²) >= 11 is 0. The first kappa shape index (κ1) is 70.6. The van der Waals surface area contributed by atoms with Crippen LogP contribution < -0.4 is 0 Å². The van der Waals surface area contributed by atoms with Gasteiger partial charge in [0, 0.05) is 19.3 Å². The summed E-state index contributed by atoms with van der Waals surface area (Å²) in [5.41, 5.74) is 0. The topological polar surface area (TPSA) is 78.9 Å². The van der Waals surface area contributed by atoms with E-state index in [0.717, 1.165) is 96.3 Å². The molecule has 0 amide bonds. The van der Waals surface area contributed by atoms with E-state index < -0.39 is 6.10 Å². The van der Waals surface area contributed by atoms with Gasteiger partial charge in [-0.15, -0.1) is 0 Å². The molecule has 0 aliphatic carbocycles. The summed E-state index contributed by atoms with van der Waals surface area (Å²) in [6.45, 7) is 6.59. The summed E-state index contributed by atoms with van der Waals surface area (Å²) in [7, 11) is 0. The fraction of sp³-hybridized carbons (Fsp3) is 0.866. The first-order valence-electron chi connectivity index (χ1n) is 32.5. The van der Waals surface area contributed by atoms with Crippen LogP contribution in [0, 0.1) is 0 Å². The SMILES string of the molecule is CC/C=C\C/C=C\C/C=C\CCCCCCCC(=O)OCC(COC(=O)CCCCCCCCCCCCCCCCCCCCCC)OC(=O)CCCCCCCCCCCCCCCCCCCCCC. The average molecular weight is 1030 g/mol. The third-order valence-corrected chi connectivity index (χ3v) is 14.7. The Labute approximate surface area is 455 Å². The first-order valence-corrected chi connectivity index (χ1v) is 32.5. The molecule has 6 heteroatoms. The number of hydrogen-bond acceptors (Lipinski definition) is 6. The van der Waals surface area contributed by atoms with Gasteiger partial charge in [-0.2, -0.15) is 0 Å². The van der Waals surface area contributed by atoms with Crippen molar-refractivity contribution in [1.29, 1.82) is 0 Å². The number of esters is 3. The van der Waals surface area contributed by atoms with Gasteiger partial charge in [-0.05, 0) is 51.4 Å². The van der Waals surface area contributed by atoms with Gasteiger partial charge in [0.25, 0.3) is 0 Å². The molecule has 0 N–H and O–H groups in total. The maximum atomic E-state index is 12.9. The van der Waals surface area contributed by atoms with E-state index in [9.17, 15) is 14.4 Å². The van der Waals surface area contributed by atoms with Crippen molar-refractivity contribution in [3.63, 3.8) is 0 Å². The van der Waals surface area contributed by atoms with Crippen molar-refractivity contribution in [2.45, 2.75) is 361 Å². The van der Waals surface area contributed by atoms with Crippen molar-refractivity contribution in [3.05, 3.63) is 36.5 Å². The lowest BCUT2D eigenvalue weighted by Crippen LogP contribution is -2.30. The Kier molecular flexibility index (Phi) is 60.2. The molecule has 0 bridgehead atoms. The lowest BCUT2D eigenvalue weighted by molar-refractivity contribution is -0.167. The Morgan fingerprint density at radius 1 is 0.288 bits per heavy atom. The smallest absolute Gasteiger partial charge is 0.306 e. The zero-order valence-corrected chi connectivity index (χ0v) is 49.2. The van der Waals surface area contributed by atoms with Crippen molar-refractivity contribution in [2.24, 2.45) is 0 Å². The molecular weight excluding hydrogens is 901 g/mol. The fourth-order valence-electron chi connectivity index (χ4n) is 9.81. The van der Waals surface area contributed by atoms with Crippen LogP contribution in [0.5, 0.6) is 0 Å². The quantitative estimate of drug-likeness (QED) is 0.0261. The second-order valence-electron chi connectivity index (χ2n) is 22.0. The number of carbonyl (C=O) groups excluding carboxylic acids is 3. The van der Waals surface area contributed by atoms with Gasteiger partial charge in [0.05, 0.1) is 0 Å². The number of carbonyl (C=O) groups is 3. The zero-order valence-electron chi connectivity index (χ0n) is 49.2. The molecule has 0 aromatic rings. The third kappa shape index (κ3) is 60.4. The molecule has 428 valence electrons. The van der Waals surface area contributed by atoms with E-state index in [1.807, 2.05) is 0 Å². The van der Waals surface area contributed by atoms with Gasteiger partial charge in [-0.1, -0.05) is 320 Å². The van der Waals surface area contributed by atoms with E-state index in [4.69, 9.17) is 14.2 Å². The molecule has 6 nitrogen and oxygen atoms in total. The van der Waals surface area contributed by atoms with Gasteiger partial charge < -0.3 is 14.2 Å². The molecule has 0 rings (SSSR count). The van der Waals surface area contributed by atoms with Crippen LogP contribution in [0.3, 0.4) is 0 Å². The summed E-state index contributed by atoms with van der Waals surface area (Å²) in [5.74, 6) is -0.863. The van der Waals surface area contributed by atoms with Crippen LogP contribution in [-0.4, -0.2) is 37.2 Å². The molecule has 0 aromatic heterocycles. The minimum atomic E-state index is -0.776. The van der Waals surface area contributed by atoms with E-state index in [1.165, 1.54) is 218 Å². The van der Waals surface area contributed by atoms with Crippen molar-refractivity contribution < 1.29 is 28.6 Å². The molecule has 0 fully saturated rings. The highest BCUT2D eigenvalue weighted by molar-refractivity contribution is 5.71. The Morgan fingerprint density at radius 3 is 0.836 bits per heavy atom. The maximum absolute atomic E-state index is 12.9. The molecule has 0 spiro atoms. The van der Waals surface area contributed by atoms with Crippen LogP contribution in [0.2, 0.25) is 0 Å². The van der Waals surface area contributed by atoms with Crippen LogP contribution in [0.25, 0.3) is 0 Å². The van der Waals surface area contributed by atoms with Crippen molar-refractivity contribution in [2.75, 3.05) is 13.2 Å². The van der Waals surface area contributed by atoms with Gasteiger partial charge in [-0.25, -0.2) is 0 Å². The van der Waals surface area contributed by atoms with E-state index in [2.05, 4.69) is 57.2 Å². The lowest BCUT2D eigenvalue weighted by atomic mass is 10.0. The minimum absolute atomic E-state index is 0.0721. The number of ether oxygens (including phenoxy) is 3. The van der Waals surface area contributed by atoms with Crippen molar-refractivity contribution >= 4 is 17.9 Å². The zero-order chi connectivity index (χ0) is 52.9. The molecule has 0 radical (unpaired) electrons. The highest BCUT2D eigenvalue weighted by Gasteiger charge is 2.19. The first-order chi connectivity index (χ1) is 36.0. The third-order valence-electron chi connectivity index (χ3n) is 14.7. The lowest BCUT2D eigenvalue weighted by Gasteiger charge is -2.18. The predicted molar refractivity (Wildman–Crippen MR) is 316 cm³/mol. The van der Waals surface area contributed by atoms with Crippen LogP contribution in [0.4, 0.5) is 0 Å². The summed E-state index contributed by atoms with van der Waals surface area (Å²) in [4.78, 5) is 38.3. The standard InChI is InChI=1S/C67H124O6/c1-4-7-10-13-16-19-22-25-28-30-32-34-36-39-42-45-48-51-54-57-60-66(69)72-63-64(62-71-65(68)59-56-53-50-47-44-41-38-27-24-21-18-15-12-9-6-3)73-67(70)61-58-55-52-49-46-43-40-37-35-33-31-29-26-23-20-17-14-11-8-5-2/h9,12,18,21,27,38,64H,4-8,10-11,13-17,19-20,22-26,28-37,39-63H2,1-3H3/b12-9-,21-18-,38-27-. The average Bonchev–Trinajstić information content (AvgIpc) is 3.39. The molecule has 0 saturated heterocycles. The van der Waals surface area contributed by atoms with Crippen LogP contribution in [-0.2, 0) is 28.6 Å². The molecule has 73 heavy (non-hydrogen) atoms. The predicted octanol–water partition coefficient (Wildman–Crippen LogP) is 22.0. The Bertz CT molecular complexity index is 1220. The maximum Gasteiger partial charge on any atom is 0.306 e. The molecule has 0 aromatic carbocycles. The molecule has 1 atom stereocenters. The highest BCUT2D eigenvalue weighted by atomic mass is 16.6. The Balaban J connectivity index is 4.30. The Morgan fingerprint density at radius 2 is 0.534 bits per heavy atom. The van der Waals surface area contributed by atoms with Crippen molar-refractivity contribution in [1.82, 2.24) is 0 Å². The molecule has 1 unspecified atom stereocenters. The Hall–Kier alpha value is -2.37. The fourth-order valence-corrected chi connectivity index (χ4v) is 9.81. The van der Waals surface area contributed by atoms with Gasteiger partial charge in [0.1, 0.15) is 13.2 Å². The van der Waals surface area contributed by atoms with E-state index in [-0.39, 0.29) is 31.1 Å². The van der Waals surface area contributed by atoms with Gasteiger partial charge in [0.2, 0.25) is 0 Å². The normalized spacial score (nSPS) is 12.2. The van der Waals surface area contributed by atoms with E-state index >= 15 is 0 Å². The largest absolute Gasteiger partial charge is 0.462 e. The van der Waals surface area contributed by atoms with Gasteiger partial charge in [0.15, 0.2) is 6.10 Å². The van der Waals surface area contributed by atoms with Crippen LogP contribution in [0.1, 0.15) is 355 Å². The highest BCUT2D eigenvalue weighted by Crippen LogP contribution is 2.18. The number of allylic oxidation sites excluding steroid dienone is 6. The number of unbranched alkanes of at least 4 members (excludes halogenated alkanes) is 43. The number of rotatable bonds is 60. The van der Waals surface area contributed by atoms with E-state index in [0.29, 0.717) is 19.3 Å². The van der Waals surface area contributed by atoms with Crippen molar-refractivity contribution in [3.8, 4) is 0 Å².